The summed E-state index contributed by atoms with van der Waals surface area (Å²) in [5.74, 6) is 0.881. The van der Waals surface area contributed by atoms with Gasteiger partial charge in [-0.05, 0) is 63.3 Å². The van der Waals surface area contributed by atoms with Crippen LogP contribution < -0.4 is 9.64 Å². The first-order chi connectivity index (χ1) is 13.7. The first-order valence-corrected chi connectivity index (χ1v) is 10.4. The maximum absolute atomic E-state index is 12.5. The van der Waals surface area contributed by atoms with Crippen LogP contribution in [-0.2, 0) is 22.3 Å². The van der Waals surface area contributed by atoms with E-state index in [-0.39, 0.29) is 18.8 Å². The molecule has 2 aliphatic heterocycles. The van der Waals surface area contributed by atoms with E-state index in [1.807, 2.05) is 20.8 Å². The number of hydrogen-bond donors (Lipinski definition) is 1. The Balaban J connectivity index is 1.84. The molecule has 29 heavy (non-hydrogen) atoms. The van der Waals surface area contributed by atoms with E-state index in [4.69, 9.17) is 14.2 Å². The van der Waals surface area contributed by atoms with Gasteiger partial charge < -0.3 is 29.1 Å². The molecule has 0 unspecified atom stereocenters. The van der Waals surface area contributed by atoms with Crippen LogP contribution in [0.5, 0.6) is 5.75 Å². The zero-order valence-corrected chi connectivity index (χ0v) is 18.3. The number of carbonyl (C=O) groups is 1. The molecule has 1 amide bonds. The number of fused-ring (bicyclic) bond motifs is 2. The summed E-state index contributed by atoms with van der Waals surface area (Å²) in [6, 6.07) is 2.13. The molecule has 2 heterocycles. The largest absolute Gasteiger partial charge is 0.490 e. The van der Waals surface area contributed by atoms with Gasteiger partial charge in [0.15, 0.2) is 0 Å². The topological polar surface area (TPSA) is 71.5 Å². The van der Waals surface area contributed by atoms with Crippen molar-refractivity contribution in [3.63, 3.8) is 0 Å². The Labute approximate surface area is 173 Å². The number of aliphatic hydroxyl groups excluding tert-OH is 1. The second kappa shape index (κ2) is 8.79. The summed E-state index contributed by atoms with van der Waals surface area (Å²) in [6.07, 6.45) is 1.08. The van der Waals surface area contributed by atoms with E-state index < -0.39 is 5.60 Å². The Hall–Kier alpha value is -1.99. The molecule has 162 valence electrons. The third-order valence-electron chi connectivity index (χ3n) is 5.56. The molecule has 0 spiro atoms. The lowest BCUT2D eigenvalue weighted by Crippen LogP contribution is -2.41. The molecule has 0 aliphatic carbocycles. The number of methoxy groups -OCH3 is 1. The van der Waals surface area contributed by atoms with Gasteiger partial charge in [0.2, 0.25) is 0 Å². The van der Waals surface area contributed by atoms with Crippen molar-refractivity contribution in [2.75, 3.05) is 51.4 Å². The van der Waals surface area contributed by atoms with Crippen LogP contribution in [0.15, 0.2) is 6.07 Å². The summed E-state index contributed by atoms with van der Waals surface area (Å²) in [7, 11) is 1.62. The van der Waals surface area contributed by atoms with Crippen molar-refractivity contribution in [3.05, 3.63) is 22.8 Å². The first-order valence-electron chi connectivity index (χ1n) is 10.4. The summed E-state index contributed by atoms with van der Waals surface area (Å²) in [5, 5.41) is 9.53. The van der Waals surface area contributed by atoms with Crippen LogP contribution in [0.1, 0.15) is 37.5 Å². The van der Waals surface area contributed by atoms with Gasteiger partial charge in [-0.1, -0.05) is 0 Å². The number of ether oxygens (including phenoxy) is 3. The lowest BCUT2D eigenvalue weighted by Gasteiger charge is -2.35. The Morgan fingerprint density at radius 1 is 1.28 bits per heavy atom. The third kappa shape index (κ3) is 4.95. The van der Waals surface area contributed by atoms with Crippen molar-refractivity contribution in [2.45, 2.75) is 52.2 Å². The molecular formula is C22H34N2O5. The SMILES string of the molecule is CO[C@@H](CO)CN1CCOc2cc3c(c(C)c21)CCN(C(=O)OC(C)(C)C)CC3. The van der Waals surface area contributed by atoms with Crippen LogP contribution in [0.4, 0.5) is 10.5 Å². The van der Waals surface area contributed by atoms with E-state index in [0.29, 0.717) is 26.2 Å². The van der Waals surface area contributed by atoms with E-state index >= 15 is 0 Å². The smallest absolute Gasteiger partial charge is 0.410 e. The highest BCUT2D eigenvalue weighted by Gasteiger charge is 2.29. The quantitative estimate of drug-likeness (QED) is 0.829. The molecule has 7 heteroatoms. The van der Waals surface area contributed by atoms with E-state index in [9.17, 15) is 9.90 Å². The van der Waals surface area contributed by atoms with Gasteiger partial charge in [0.05, 0.1) is 24.9 Å². The molecule has 0 saturated heterocycles. The fourth-order valence-corrected chi connectivity index (χ4v) is 4.09. The second-order valence-corrected chi connectivity index (χ2v) is 8.79. The predicted octanol–water partition coefficient (Wildman–Crippen LogP) is 2.54. The van der Waals surface area contributed by atoms with Gasteiger partial charge in [-0.15, -0.1) is 0 Å². The van der Waals surface area contributed by atoms with Gasteiger partial charge >= 0.3 is 6.09 Å². The molecule has 0 saturated carbocycles. The molecule has 0 aromatic heterocycles. The highest BCUT2D eigenvalue weighted by molar-refractivity contribution is 5.71. The van der Waals surface area contributed by atoms with Crippen molar-refractivity contribution in [3.8, 4) is 5.75 Å². The number of rotatable bonds is 4. The Kier molecular flexibility index (Phi) is 6.58. The molecule has 1 aromatic carbocycles. The number of carbonyl (C=O) groups excluding carboxylic acids is 1. The molecule has 1 N–H and O–H groups in total. The van der Waals surface area contributed by atoms with Crippen LogP contribution >= 0.6 is 0 Å². The summed E-state index contributed by atoms with van der Waals surface area (Å²) in [5.41, 5.74) is 4.29. The summed E-state index contributed by atoms with van der Waals surface area (Å²) < 4.78 is 16.9. The Morgan fingerprint density at radius 3 is 2.66 bits per heavy atom. The molecule has 0 radical (unpaired) electrons. The summed E-state index contributed by atoms with van der Waals surface area (Å²) in [6.45, 7) is 11.0. The van der Waals surface area contributed by atoms with Crippen LogP contribution in [0.2, 0.25) is 0 Å². The number of benzene rings is 1. The van der Waals surface area contributed by atoms with Gasteiger partial charge in [-0.25, -0.2) is 4.79 Å². The van der Waals surface area contributed by atoms with Crippen molar-refractivity contribution in [2.24, 2.45) is 0 Å². The van der Waals surface area contributed by atoms with Crippen molar-refractivity contribution in [1.29, 1.82) is 0 Å². The fraction of sp³-hybridized carbons (Fsp3) is 0.682. The molecule has 0 fully saturated rings. The molecule has 1 atom stereocenters. The van der Waals surface area contributed by atoms with E-state index in [1.54, 1.807) is 12.0 Å². The summed E-state index contributed by atoms with van der Waals surface area (Å²) >= 11 is 0. The van der Waals surface area contributed by atoms with Crippen molar-refractivity contribution in [1.82, 2.24) is 4.90 Å². The normalized spacial score (nSPS) is 17.7. The average Bonchev–Trinajstić information content (AvgIpc) is 2.87. The minimum Gasteiger partial charge on any atom is -0.490 e. The number of nitrogens with zero attached hydrogens (tertiary/aromatic N) is 2. The number of hydrogen-bond acceptors (Lipinski definition) is 6. The van der Waals surface area contributed by atoms with E-state index in [1.165, 1.54) is 16.7 Å². The zero-order chi connectivity index (χ0) is 21.2. The first kappa shape index (κ1) is 21.7. The highest BCUT2D eigenvalue weighted by Crippen LogP contribution is 2.40. The number of aliphatic hydroxyl groups is 1. The molecule has 0 bridgehead atoms. The van der Waals surface area contributed by atoms with E-state index in [2.05, 4.69) is 17.9 Å². The van der Waals surface area contributed by atoms with Gasteiger partial charge in [0, 0.05) is 26.7 Å². The highest BCUT2D eigenvalue weighted by atomic mass is 16.6. The molecule has 2 aliphatic rings. The molecular weight excluding hydrogens is 372 g/mol. The minimum absolute atomic E-state index is 0.0158. The Bertz CT molecular complexity index is 740. The second-order valence-electron chi connectivity index (χ2n) is 8.79. The monoisotopic (exact) mass is 406 g/mol. The van der Waals surface area contributed by atoms with Crippen LogP contribution in [-0.4, -0.2) is 74.3 Å². The van der Waals surface area contributed by atoms with Crippen LogP contribution in [0.25, 0.3) is 0 Å². The number of anilines is 1. The molecule has 7 nitrogen and oxygen atoms in total. The van der Waals surface area contributed by atoms with Gasteiger partial charge in [0.25, 0.3) is 0 Å². The lowest BCUT2D eigenvalue weighted by atomic mass is 9.94. The standard InChI is InChI=1S/C22H34N2O5/c1-15-18-7-9-23(21(26)29-22(2,3)4)8-6-16(18)12-19-20(15)24(10-11-28-19)13-17(14-25)27-5/h12,17,25H,6-11,13-14H2,1-5H3/t17-/m1/s1. The number of amides is 1. The van der Waals surface area contributed by atoms with Crippen LogP contribution in [0.3, 0.4) is 0 Å². The predicted molar refractivity (Wildman–Crippen MR) is 112 cm³/mol. The van der Waals surface area contributed by atoms with Gasteiger partial charge in [-0.2, -0.15) is 0 Å². The van der Waals surface area contributed by atoms with Crippen LogP contribution in [0, 0.1) is 6.92 Å². The van der Waals surface area contributed by atoms with E-state index in [0.717, 1.165) is 30.8 Å². The fourth-order valence-electron chi connectivity index (χ4n) is 4.09. The van der Waals surface area contributed by atoms with Gasteiger partial charge in [-0.3, -0.25) is 0 Å². The zero-order valence-electron chi connectivity index (χ0n) is 18.3. The van der Waals surface area contributed by atoms with Crippen molar-refractivity contribution < 1.29 is 24.1 Å². The minimum atomic E-state index is -0.496. The molecule has 1 aromatic rings. The average molecular weight is 407 g/mol. The van der Waals surface area contributed by atoms with Gasteiger partial charge in [0.1, 0.15) is 18.0 Å². The maximum Gasteiger partial charge on any atom is 0.410 e. The maximum atomic E-state index is 12.5. The Morgan fingerprint density at radius 2 is 2.00 bits per heavy atom. The third-order valence-corrected chi connectivity index (χ3v) is 5.56. The summed E-state index contributed by atoms with van der Waals surface area (Å²) in [4.78, 5) is 16.6. The lowest BCUT2D eigenvalue weighted by molar-refractivity contribution is 0.0258. The van der Waals surface area contributed by atoms with Crippen molar-refractivity contribution >= 4 is 11.8 Å². The molecule has 3 rings (SSSR count).